The zero-order valence-corrected chi connectivity index (χ0v) is 9.71. The van der Waals surface area contributed by atoms with Crippen molar-refractivity contribution in [2.75, 3.05) is 0 Å². The van der Waals surface area contributed by atoms with E-state index in [4.69, 9.17) is 5.73 Å². The van der Waals surface area contributed by atoms with Crippen LogP contribution in [0, 0.1) is 6.92 Å². The van der Waals surface area contributed by atoms with Crippen LogP contribution >= 0.6 is 0 Å². The third-order valence-electron chi connectivity index (χ3n) is 2.60. The molecular formula is C13H19NO. The predicted molar refractivity (Wildman–Crippen MR) is 63.0 cm³/mol. The van der Waals surface area contributed by atoms with E-state index in [0.29, 0.717) is 5.56 Å². The Morgan fingerprint density at radius 1 is 1.33 bits per heavy atom. The van der Waals surface area contributed by atoms with Gasteiger partial charge in [0.25, 0.3) is 0 Å². The highest BCUT2D eigenvalue weighted by molar-refractivity contribution is 6.02. The highest BCUT2D eigenvalue weighted by Crippen LogP contribution is 2.16. The molecule has 0 radical (unpaired) electrons. The summed E-state index contributed by atoms with van der Waals surface area (Å²) in [6.45, 7) is 5.84. The Balaban J connectivity index is 2.89. The van der Waals surface area contributed by atoms with Crippen molar-refractivity contribution >= 4 is 5.78 Å². The molecule has 15 heavy (non-hydrogen) atoms. The third kappa shape index (κ3) is 2.90. The van der Waals surface area contributed by atoms with E-state index in [0.717, 1.165) is 18.4 Å². The monoisotopic (exact) mass is 205 g/mol. The standard InChI is InChI=1S/C13H19NO/c1-4-9-13(3,14)12(15)11-7-5-10(2)6-8-11/h5-8H,4,9,14H2,1-3H3/t13-/m0/s1. The molecule has 0 aromatic heterocycles. The highest BCUT2D eigenvalue weighted by atomic mass is 16.1. The Morgan fingerprint density at radius 2 is 1.87 bits per heavy atom. The second-order valence-corrected chi connectivity index (χ2v) is 4.36. The molecular weight excluding hydrogens is 186 g/mol. The Hall–Kier alpha value is -1.15. The number of ketones is 1. The van der Waals surface area contributed by atoms with Crippen LogP contribution < -0.4 is 5.73 Å². The molecule has 0 aliphatic heterocycles. The van der Waals surface area contributed by atoms with Crippen molar-refractivity contribution in [3.8, 4) is 0 Å². The molecule has 1 atom stereocenters. The van der Waals surface area contributed by atoms with Gasteiger partial charge in [-0.2, -0.15) is 0 Å². The second kappa shape index (κ2) is 4.58. The minimum atomic E-state index is -0.732. The zero-order chi connectivity index (χ0) is 11.5. The number of rotatable bonds is 4. The van der Waals surface area contributed by atoms with Crippen LogP contribution in [-0.4, -0.2) is 11.3 Å². The number of carbonyl (C=O) groups excluding carboxylic acids is 1. The Labute approximate surface area is 91.5 Å². The number of Topliss-reactive ketones (excluding diaryl/α,β-unsaturated/α-hetero) is 1. The van der Waals surface area contributed by atoms with Gasteiger partial charge >= 0.3 is 0 Å². The van der Waals surface area contributed by atoms with Gasteiger partial charge in [0.15, 0.2) is 5.78 Å². The van der Waals surface area contributed by atoms with Crippen molar-refractivity contribution in [1.29, 1.82) is 0 Å². The van der Waals surface area contributed by atoms with Crippen LogP contribution in [0.25, 0.3) is 0 Å². The summed E-state index contributed by atoms with van der Waals surface area (Å²) in [6.07, 6.45) is 1.64. The van der Waals surface area contributed by atoms with E-state index in [9.17, 15) is 4.79 Å². The average molecular weight is 205 g/mol. The Kier molecular flexibility index (Phi) is 3.64. The summed E-state index contributed by atoms with van der Waals surface area (Å²) in [7, 11) is 0. The molecule has 2 heteroatoms. The molecule has 0 heterocycles. The smallest absolute Gasteiger partial charge is 0.182 e. The quantitative estimate of drug-likeness (QED) is 0.768. The van der Waals surface area contributed by atoms with E-state index in [1.807, 2.05) is 38.1 Å². The van der Waals surface area contributed by atoms with Crippen LogP contribution in [0.15, 0.2) is 24.3 Å². The van der Waals surface area contributed by atoms with Gasteiger partial charge in [0, 0.05) is 5.56 Å². The van der Waals surface area contributed by atoms with E-state index in [1.54, 1.807) is 6.92 Å². The van der Waals surface area contributed by atoms with Crippen molar-refractivity contribution in [1.82, 2.24) is 0 Å². The van der Waals surface area contributed by atoms with E-state index >= 15 is 0 Å². The molecule has 2 N–H and O–H groups in total. The zero-order valence-electron chi connectivity index (χ0n) is 9.71. The van der Waals surface area contributed by atoms with Crippen LogP contribution in [0.2, 0.25) is 0 Å². The maximum atomic E-state index is 12.0. The van der Waals surface area contributed by atoms with Gasteiger partial charge in [0.05, 0.1) is 5.54 Å². The van der Waals surface area contributed by atoms with Crippen molar-refractivity contribution in [2.45, 2.75) is 39.2 Å². The normalized spacial score (nSPS) is 14.7. The lowest BCUT2D eigenvalue weighted by atomic mass is 9.88. The minimum absolute atomic E-state index is 0.0318. The summed E-state index contributed by atoms with van der Waals surface area (Å²) in [6, 6.07) is 7.57. The van der Waals surface area contributed by atoms with Crippen molar-refractivity contribution in [2.24, 2.45) is 5.73 Å². The summed E-state index contributed by atoms with van der Waals surface area (Å²) in [5.74, 6) is 0.0318. The Morgan fingerprint density at radius 3 is 2.33 bits per heavy atom. The maximum absolute atomic E-state index is 12.0. The van der Waals surface area contributed by atoms with Gasteiger partial charge in [-0.3, -0.25) is 4.79 Å². The first kappa shape index (κ1) is 11.9. The molecule has 0 bridgehead atoms. The topological polar surface area (TPSA) is 43.1 Å². The fraction of sp³-hybridized carbons (Fsp3) is 0.462. The summed E-state index contributed by atoms with van der Waals surface area (Å²) < 4.78 is 0. The molecule has 1 aromatic rings. The SMILES string of the molecule is CCC[C@](C)(N)C(=O)c1ccc(C)cc1. The molecule has 0 amide bonds. The molecule has 1 rings (SSSR count). The summed E-state index contributed by atoms with van der Waals surface area (Å²) >= 11 is 0. The van der Waals surface area contributed by atoms with Gasteiger partial charge in [-0.15, -0.1) is 0 Å². The number of benzene rings is 1. The second-order valence-electron chi connectivity index (χ2n) is 4.36. The number of hydrogen-bond acceptors (Lipinski definition) is 2. The average Bonchev–Trinajstić information content (AvgIpc) is 2.18. The van der Waals surface area contributed by atoms with Crippen LogP contribution in [0.5, 0.6) is 0 Å². The van der Waals surface area contributed by atoms with Gasteiger partial charge in [-0.05, 0) is 20.3 Å². The molecule has 0 aliphatic carbocycles. The lowest BCUT2D eigenvalue weighted by molar-refractivity contribution is 0.0893. The Bertz CT molecular complexity index is 338. The van der Waals surface area contributed by atoms with Crippen molar-refractivity contribution in [3.05, 3.63) is 35.4 Å². The molecule has 0 fully saturated rings. The van der Waals surface area contributed by atoms with E-state index < -0.39 is 5.54 Å². The molecule has 0 unspecified atom stereocenters. The molecule has 1 aromatic carbocycles. The predicted octanol–water partition coefficient (Wildman–Crippen LogP) is 2.70. The molecule has 2 nitrogen and oxygen atoms in total. The lowest BCUT2D eigenvalue weighted by Crippen LogP contribution is -2.44. The van der Waals surface area contributed by atoms with Crippen LogP contribution in [0.4, 0.5) is 0 Å². The highest BCUT2D eigenvalue weighted by Gasteiger charge is 2.27. The number of nitrogens with two attached hydrogens (primary N) is 1. The first-order valence-electron chi connectivity index (χ1n) is 5.37. The molecule has 0 spiro atoms. The van der Waals surface area contributed by atoms with Gasteiger partial charge in [-0.25, -0.2) is 0 Å². The van der Waals surface area contributed by atoms with Crippen molar-refractivity contribution < 1.29 is 4.79 Å². The van der Waals surface area contributed by atoms with Crippen LogP contribution in [0.3, 0.4) is 0 Å². The maximum Gasteiger partial charge on any atom is 0.182 e. The number of hydrogen-bond donors (Lipinski definition) is 1. The summed E-state index contributed by atoms with van der Waals surface area (Å²) in [5, 5.41) is 0. The first-order valence-corrected chi connectivity index (χ1v) is 5.37. The third-order valence-corrected chi connectivity index (χ3v) is 2.60. The largest absolute Gasteiger partial charge is 0.319 e. The fourth-order valence-corrected chi connectivity index (χ4v) is 1.67. The minimum Gasteiger partial charge on any atom is -0.319 e. The van der Waals surface area contributed by atoms with Crippen molar-refractivity contribution in [3.63, 3.8) is 0 Å². The summed E-state index contributed by atoms with van der Waals surface area (Å²) in [4.78, 5) is 12.0. The van der Waals surface area contributed by atoms with Gasteiger partial charge < -0.3 is 5.73 Å². The molecule has 0 aliphatic rings. The van der Waals surface area contributed by atoms with Gasteiger partial charge in [-0.1, -0.05) is 43.2 Å². The van der Waals surface area contributed by atoms with E-state index in [2.05, 4.69) is 0 Å². The molecule has 82 valence electrons. The molecule has 0 saturated carbocycles. The number of carbonyl (C=O) groups is 1. The van der Waals surface area contributed by atoms with Crippen LogP contribution in [0.1, 0.15) is 42.6 Å². The van der Waals surface area contributed by atoms with Crippen LogP contribution in [-0.2, 0) is 0 Å². The first-order chi connectivity index (χ1) is 6.97. The summed E-state index contributed by atoms with van der Waals surface area (Å²) in [5.41, 5.74) is 7.12. The fourth-order valence-electron chi connectivity index (χ4n) is 1.67. The lowest BCUT2D eigenvalue weighted by Gasteiger charge is -2.22. The van der Waals surface area contributed by atoms with Gasteiger partial charge in [0.1, 0.15) is 0 Å². The van der Waals surface area contributed by atoms with Gasteiger partial charge in [0.2, 0.25) is 0 Å². The number of aryl methyl sites for hydroxylation is 1. The molecule has 0 saturated heterocycles. The van der Waals surface area contributed by atoms with E-state index in [1.165, 1.54) is 0 Å². The van der Waals surface area contributed by atoms with E-state index in [-0.39, 0.29) is 5.78 Å².